The third kappa shape index (κ3) is 4.10. The minimum atomic E-state index is -1.03. The number of aliphatic carboxylic acids is 1. The van der Waals surface area contributed by atoms with Crippen molar-refractivity contribution in [3.05, 3.63) is 47.9 Å². The first-order chi connectivity index (χ1) is 10.2. The fourth-order valence-electron chi connectivity index (χ4n) is 1.71. The third-order valence-corrected chi connectivity index (χ3v) is 2.56. The van der Waals surface area contributed by atoms with Crippen molar-refractivity contribution in [2.45, 2.75) is 13.5 Å². The van der Waals surface area contributed by atoms with Crippen LogP contribution in [0.4, 0.5) is 0 Å². The number of rotatable bonds is 7. The van der Waals surface area contributed by atoms with E-state index in [0.29, 0.717) is 29.4 Å². The van der Waals surface area contributed by atoms with Crippen LogP contribution in [-0.2, 0) is 11.4 Å². The monoisotopic (exact) mass is 289 g/mol. The highest BCUT2D eigenvalue weighted by molar-refractivity contribution is 5.86. The van der Waals surface area contributed by atoms with Crippen molar-refractivity contribution in [2.75, 3.05) is 6.61 Å². The lowest BCUT2D eigenvalue weighted by molar-refractivity contribution is -0.131. The summed E-state index contributed by atoms with van der Waals surface area (Å²) in [6.07, 6.45) is 4.03. The second-order valence-corrected chi connectivity index (χ2v) is 4.05. The Morgan fingerprint density at radius 3 is 2.90 bits per heavy atom. The number of para-hydroxylation sites is 1. The first kappa shape index (κ1) is 14.6. The van der Waals surface area contributed by atoms with Crippen molar-refractivity contribution < 1.29 is 23.9 Å². The number of carbonyl (C=O) groups is 1. The van der Waals surface area contributed by atoms with E-state index < -0.39 is 5.97 Å². The van der Waals surface area contributed by atoms with Gasteiger partial charge < -0.3 is 19.1 Å². The summed E-state index contributed by atoms with van der Waals surface area (Å²) in [5.74, 6) is 0.547. The van der Waals surface area contributed by atoms with E-state index >= 15 is 0 Å². The molecule has 0 aliphatic rings. The molecule has 0 amide bonds. The molecule has 6 nitrogen and oxygen atoms in total. The molecule has 1 aromatic carbocycles. The molecule has 110 valence electrons. The van der Waals surface area contributed by atoms with E-state index in [1.807, 2.05) is 6.92 Å². The molecule has 21 heavy (non-hydrogen) atoms. The molecule has 0 saturated carbocycles. The van der Waals surface area contributed by atoms with E-state index in [1.165, 1.54) is 12.3 Å². The molecule has 0 bridgehead atoms. The number of ether oxygens (including phenoxy) is 2. The standard InChI is InChI=1S/C15H15NO5/c1-2-19-13-5-3-4-11(6-7-14(17)18)15(13)20-10-12-8-9-16-21-12/h3-9H,2,10H2,1H3,(H,17,18). The summed E-state index contributed by atoms with van der Waals surface area (Å²) >= 11 is 0. The highest BCUT2D eigenvalue weighted by Gasteiger charge is 2.11. The van der Waals surface area contributed by atoms with Gasteiger partial charge >= 0.3 is 5.97 Å². The first-order valence-corrected chi connectivity index (χ1v) is 6.40. The fraction of sp³-hybridized carbons (Fsp3) is 0.200. The second-order valence-electron chi connectivity index (χ2n) is 4.05. The van der Waals surface area contributed by atoms with Gasteiger partial charge in [-0.25, -0.2) is 4.79 Å². The maximum atomic E-state index is 10.7. The Hall–Kier alpha value is -2.76. The second kappa shape index (κ2) is 7.14. The molecule has 0 unspecified atom stereocenters. The van der Waals surface area contributed by atoms with Gasteiger partial charge in [-0.2, -0.15) is 0 Å². The van der Waals surface area contributed by atoms with Crippen LogP contribution >= 0.6 is 0 Å². The Kier molecular flexibility index (Phi) is 4.98. The minimum Gasteiger partial charge on any atom is -0.490 e. The van der Waals surface area contributed by atoms with Gasteiger partial charge in [-0.3, -0.25) is 0 Å². The van der Waals surface area contributed by atoms with Crippen LogP contribution in [-0.4, -0.2) is 22.8 Å². The Morgan fingerprint density at radius 2 is 2.24 bits per heavy atom. The highest BCUT2D eigenvalue weighted by Crippen LogP contribution is 2.33. The fourth-order valence-corrected chi connectivity index (χ4v) is 1.71. The summed E-state index contributed by atoms with van der Waals surface area (Å²) in [7, 11) is 0. The van der Waals surface area contributed by atoms with Gasteiger partial charge in [-0.05, 0) is 19.1 Å². The molecule has 2 aromatic rings. The minimum absolute atomic E-state index is 0.179. The van der Waals surface area contributed by atoms with E-state index in [0.717, 1.165) is 6.08 Å². The van der Waals surface area contributed by atoms with Crippen molar-refractivity contribution in [3.63, 3.8) is 0 Å². The summed E-state index contributed by atoms with van der Waals surface area (Å²) in [6.45, 7) is 2.52. The van der Waals surface area contributed by atoms with Crippen molar-refractivity contribution in [1.82, 2.24) is 5.16 Å². The average Bonchev–Trinajstić information content (AvgIpc) is 2.97. The van der Waals surface area contributed by atoms with Crippen molar-refractivity contribution in [1.29, 1.82) is 0 Å². The molecule has 6 heteroatoms. The van der Waals surface area contributed by atoms with E-state index in [2.05, 4.69) is 5.16 Å². The van der Waals surface area contributed by atoms with Crippen LogP contribution in [0.2, 0.25) is 0 Å². The maximum absolute atomic E-state index is 10.7. The molecule has 0 saturated heterocycles. The number of hydrogen-bond acceptors (Lipinski definition) is 5. The molecule has 0 spiro atoms. The summed E-state index contributed by atoms with van der Waals surface area (Å²) < 4.78 is 16.2. The predicted molar refractivity (Wildman–Crippen MR) is 75.1 cm³/mol. The van der Waals surface area contributed by atoms with Gasteiger partial charge in [0.1, 0.15) is 6.61 Å². The molecule has 1 aromatic heterocycles. The molecule has 1 heterocycles. The maximum Gasteiger partial charge on any atom is 0.328 e. The number of nitrogens with zero attached hydrogens (tertiary/aromatic N) is 1. The zero-order valence-electron chi connectivity index (χ0n) is 11.5. The molecule has 0 atom stereocenters. The Labute approximate surface area is 121 Å². The van der Waals surface area contributed by atoms with Crippen LogP contribution in [0.1, 0.15) is 18.2 Å². The summed E-state index contributed by atoms with van der Waals surface area (Å²) in [5, 5.41) is 12.3. The Balaban J connectivity index is 2.26. The zero-order chi connectivity index (χ0) is 15.1. The molecule has 0 fully saturated rings. The van der Waals surface area contributed by atoms with Crippen LogP contribution in [0, 0.1) is 0 Å². The van der Waals surface area contributed by atoms with Crippen molar-refractivity contribution in [2.24, 2.45) is 0 Å². The largest absolute Gasteiger partial charge is 0.490 e. The molecular formula is C15H15NO5. The third-order valence-electron chi connectivity index (χ3n) is 2.56. The van der Waals surface area contributed by atoms with Crippen molar-refractivity contribution >= 4 is 12.0 Å². The van der Waals surface area contributed by atoms with E-state index in [1.54, 1.807) is 24.3 Å². The molecular weight excluding hydrogens is 274 g/mol. The SMILES string of the molecule is CCOc1cccc(C=CC(=O)O)c1OCc1ccno1. The quantitative estimate of drug-likeness (QED) is 0.789. The van der Waals surface area contributed by atoms with Gasteiger partial charge in [0.25, 0.3) is 0 Å². The van der Waals surface area contributed by atoms with Crippen LogP contribution in [0.15, 0.2) is 41.1 Å². The first-order valence-electron chi connectivity index (χ1n) is 6.40. The Bertz CT molecular complexity index is 619. The molecule has 0 aliphatic carbocycles. The lowest BCUT2D eigenvalue weighted by Gasteiger charge is -2.13. The number of hydrogen-bond donors (Lipinski definition) is 1. The van der Waals surface area contributed by atoms with Gasteiger partial charge in [0, 0.05) is 17.7 Å². The summed E-state index contributed by atoms with van der Waals surface area (Å²) in [5.41, 5.74) is 0.614. The van der Waals surface area contributed by atoms with Crippen LogP contribution in [0.25, 0.3) is 6.08 Å². The lowest BCUT2D eigenvalue weighted by Crippen LogP contribution is -2.01. The molecule has 0 radical (unpaired) electrons. The van der Waals surface area contributed by atoms with E-state index in [9.17, 15) is 4.79 Å². The van der Waals surface area contributed by atoms with Crippen LogP contribution in [0.5, 0.6) is 11.5 Å². The zero-order valence-corrected chi connectivity index (χ0v) is 11.5. The number of aromatic nitrogens is 1. The molecule has 2 rings (SSSR count). The van der Waals surface area contributed by atoms with Gasteiger partial charge in [0.15, 0.2) is 17.3 Å². The summed E-state index contributed by atoms with van der Waals surface area (Å²) in [4.78, 5) is 10.7. The van der Waals surface area contributed by atoms with Gasteiger partial charge in [-0.1, -0.05) is 17.3 Å². The van der Waals surface area contributed by atoms with Gasteiger partial charge in [0.05, 0.1) is 12.8 Å². The summed E-state index contributed by atoms with van der Waals surface area (Å²) in [6, 6.07) is 6.97. The van der Waals surface area contributed by atoms with Crippen LogP contribution < -0.4 is 9.47 Å². The normalized spacial score (nSPS) is 10.7. The smallest absolute Gasteiger partial charge is 0.328 e. The Morgan fingerprint density at radius 1 is 1.38 bits per heavy atom. The van der Waals surface area contributed by atoms with Crippen LogP contribution in [0.3, 0.4) is 0 Å². The van der Waals surface area contributed by atoms with Crippen molar-refractivity contribution in [3.8, 4) is 11.5 Å². The molecule has 1 N–H and O–H groups in total. The van der Waals surface area contributed by atoms with Gasteiger partial charge in [0.2, 0.25) is 0 Å². The lowest BCUT2D eigenvalue weighted by atomic mass is 10.1. The number of benzene rings is 1. The highest BCUT2D eigenvalue weighted by atomic mass is 16.5. The number of carboxylic acid groups (broad SMARTS) is 1. The van der Waals surface area contributed by atoms with E-state index in [-0.39, 0.29) is 6.61 Å². The van der Waals surface area contributed by atoms with Gasteiger partial charge in [-0.15, -0.1) is 0 Å². The topological polar surface area (TPSA) is 81.8 Å². The van der Waals surface area contributed by atoms with E-state index in [4.69, 9.17) is 19.1 Å². The predicted octanol–water partition coefficient (Wildman–Crippen LogP) is 2.75. The molecule has 0 aliphatic heterocycles. The average molecular weight is 289 g/mol. The number of carboxylic acids is 1.